The van der Waals surface area contributed by atoms with Crippen molar-refractivity contribution in [3.8, 4) is 0 Å². The van der Waals surface area contributed by atoms with Crippen LogP contribution >= 0.6 is 0 Å². The Labute approximate surface area is 93.3 Å². The first kappa shape index (κ1) is 11.8. The summed E-state index contributed by atoms with van der Waals surface area (Å²) in [5, 5.41) is 0. The van der Waals surface area contributed by atoms with Gasteiger partial charge in [0, 0.05) is 0 Å². The van der Waals surface area contributed by atoms with Gasteiger partial charge in [-0.2, -0.15) is 0 Å². The van der Waals surface area contributed by atoms with Gasteiger partial charge in [-0.15, -0.1) is 0 Å². The second kappa shape index (κ2) is 5.55. The van der Waals surface area contributed by atoms with Gasteiger partial charge >= 0.3 is 0 Å². The molecule has 0 N–H and O–H groups in total. The summed E-state index contributed by atoms with van der Waals surface area (Å²) in [5.74, 6) is 0. The molecule has 1 aromatic carbocycles. The summed E-state index contributed by atoms with van der Waals surface area (Å²) < 4.78 is 0. The minimum Gasteiger partial charge on any atom is -0.0871 e. The largest absolute Gasteiger partial charge is 0.0871 e. The standard InChI is InChI=1S/C15H20/c1-5-8-13(6-2)15-10-9-12(4)11-14(15)7-3/h5-6,8-11H,7H2,1-4H3/b8-5-,13-6+. The van der Waals surface area contributed by atoms with Crippen molar-refractivity contribution in [2.45, 2.75) is 34.1 Å². The maximum absolute atomic E-state index is 2.28. The highest BCUT2D eigenvalue weighted by Gasteiger charge is 2.03. The van der Waals surface area contributed by atoms with Gasteiger partial charge in [0.15, 0.2) is 0 Å². The van der Waals surface area contributed by atoms with E-state index in [2.05, 4.69) is 64.1 Å². The summed E-state index contributed by atoms with van der Waals surface area (Å²) in [4.78, 5) is 0. The molecule has 15 heavy (non-hydrogen) atoms. The highest BCUT2D eigenvalue weighted by atomic mass is 14.1. The van der Waals surface area contributed by atoms with Crippen LogP contribution in [-0.2, 0) is 6.42 Å². The third-order valence-electron chi connectivity index (χ3n) is 2.61. The fourth-order valence-corrected chi connectivity index (χ4v) is 1.82. The van der Waals surface area contributed by atoms with Gasteiger partial charge in [0.25, 0.3) is 0 Å². The Kier molecular flexibility index (Phi) is 4.36. The first-order valence-electron chi connectivity index (χ1n) is 5.61. The monoisotopic (exact) mass is 200 g/mol. The van der Waals surface area contributed by atoms with Crippen molar-refractivity contribution in [1.82, 2.24) is 0 Å². The molecule has 0 bridgehead atoms. The average molecular weight is 200 g/mol. The average Bonchev–Trinajstić information content (AvgIpc) is 2.26. The van der Waals surface area contributed by atoms with E-state index in [4.69, 9.17) is 0 Å². The molecule has 0 amide bonds. The predicted octanol–water partition coefficient (Wildman–Crippen LogP) is 4.54. The Bertz CT molecular complexity index is 381. The number of benzene rings is 1. The Balaban J connectivity index is 3.23. The van der Waals surface area contributed by atoms with Crippen LogP contribution in [0.4, 0.5) is 0 Å². The Morgan fingerprint density at radius 1 is 1.27 bits per heavy atom. The minimum atomic E-state index is 1.09. The summed E-state index contributed by atoms with van der Waals surface area (Å²) >= 11 is 0. The van der Waals surface area contributed by atoms with Crippen LogP contribution in [0.25, 0.3) is 5.57 Å². The number of allylic oxidation sites excluding steroid dienone is 4. The Morgan fingerprint density at radius 3 is 2.53 bits per heavy atom. The SMILES string of the molecule is C/C=C\C(=C/C)c1ccc(C)cc1CC. The molecule has 0 spiro atoms. The van der Waals surface area contributed by atoms with Crippen LogP contribution in [0.5, 0.6) is 0 Å². The van der Waals surface area contributed by atoms with Gasteiger partial charge in [-0.25, -0.2) is 0 Å². The molecular formula is C15H20. The third kappa shape index (κ3) is 2.82. The van der Waals surface area contributed by atoms with E-state index < -0.39 is 0 Å². The molecule has 80 valence electrons. The molecule has 1 aromatic rings. The van der Waals surface area contributed by atoms with Gasteiger partial charge < -0.3 is 0 Å². The van der Waals surface area contributed by atoms with Crippen molar-refractivity contribution in [1.29, 1.82) is 0 Å². The van der Waals surface area contributed by atoms with E-state index in [1.165, 1.54) is 22.3 Å². The van der Waals surface area contributed by atoms with Crippen LogP contribution in [0.15, 0.2) is 36.4 Å². The summed E-state index contributed by atoms with van der Waals surface area (Å²) in [5.41, 5.74) is 5.45. The lowest BCUT2D eigenvalue weighted by Gasteiger charge is -2.09. The number of hydrogen-bond donors (Lipinski definition) is 0. The van der Waals surface area contributed by atoms with Crippen LogP contribution in [-0.4, -0.2) is 0 Å². The van der Waals surface area contributed by atoms with Gasteiger partial charge in [0.05, 0.1) is 0 Å². The predicted molar refractivity (Wildman–Crippen MR) is 69.0 cm³/mol. The molecular weight excluding hydrogens is 180 g/mol. The maximum Gasteiger partial charge on any atom is -0.0155 e. The molecule has 0 aliphatic rings. The zero-order chi connectivity index (χ0) is 11.3. The van der Waals surface area contributed by atoms with Crippen LogP contribution in [0.2, 0.25) is 0 Å². The molecule has 1 rings (SSSR count). The van der Waals surface area contributed by atoms with Gasteiger partial charge in [0.2, 0.25) is 0 Å². The molecule has 0 aliphatic carbocycles. The maximum atomic E-state index is 2.28. The minimum absolute atomic E-state index is 1.09. The quantitative estimate of drug-likeness (QED) is 0.628. The first-order valence-corrected chi connectivity index (χ1v) is 5.61. The Hall–Kier alpha value is -1.30. The van der Waals surface area contributed by atoms with Gasteiger partial charge in [-0.3, -0.25) is 0 Å². The van der Waals surface area contributed by atoms with E-state index >= 15 is 0 Å². The van der Waals surface area contributed by atoms with E-state index in [-0.39, 0.29) is 0 Å². The van der Waals surface area contributed by atoms with Crippen molar-refractivity contribution in [3.63, 3.8) is 0 Å². The lowest BCUT2D eigenvalue weighted by atomic mass is 9.96. The van der Waals surface area contributed by atoms with Crippen LogP contribution in [0.3, 0.4) is 0 Å². The second-order valence-electron chi connectivity index (χ2n) is 3.76. The number of aryl methyl sites for hydroxylation is 2. The lowest BCUT2D eigenvalue weighted by molar-refractivity contribution is 1.12. The molecule has 0 saturated heterocycles. The van der Waals surface area contributed by atoms with E-state index in [1.54, 1.807) is 0 Å². The normalized spacial score (nSPS) is 12.4. The van der Waals surface area contributed by atoms with Crippen molar-refractivity contribution in [3.05, 3.63) is 53.1 Å². The van der Waals surface area contributed by atoms with Crippen molar-refractivity contribution >= 4 is 5.57 Å². The summed E-state index contributed by atoms with van der Waals surface area (Å²) in [6.45, 7) is 8.51. The molecule has 0 atom stereocenters. The first-order chi connectivity index (χ1) is 7.22. The smallest absolute Gasteiger partial charge is 0.0155 e. The molecule has 0 unspecified atom stereocenters. The van der Waals surface area contributed by atoms with E-state index in [9.17, 15) is 0 Å². The summed E-state index contributed by atoms with van der Waals surface area (Å²) in [7, 11) is 0. The molecule has 0 radical (unpaired) electrons. The fraction of sp³-hybridized carbons (Fsp3) is 0.333. The summed E-state index contributed by atoms with van der Waals surface area (Å²) in [6, 6.07) is 6.69. The fourth-order valence-electron chi connectivity index (χ4n) is 1.82. The number of rotatable bonds is 3. The molecule has 0 saturated carbocycles. The Morgan fingerprint density at radius 2 is 2.00 bits per heavy atom. The highest BCUT2D eigenvalue weighted by Crippen LogP contribution is 2.22. The van der Waals surface area contributed by atoms with Crippen molar-refractivity contribution in [2.24, 2.45) is 0 Å². The van der Waals surface area contributed by atoms with E-state index in [0.717, 1.165) is 6.42 Å². The lowest BCUT2D eigenvalue weighted by Crippen LogP contribution is -1.91. The zero-order valence-electron chi connectivity index (χ0n) is 10.2. The van der Waals surface area contributed by atoms with Crippen LogP contribution < -0.4 is 0 Å². The molecule has 0 fully saturated rings. The molecule has 0 heterocycles. The second-order valence-corrected chi connectivity index (χ2v) is 3.76. The molecule has 0 aliphatic heterocycles. The molecule has 0 aromatic heterocycles. The summed E-state index contributed by atoms with van der Waals surface area (Å²) in [6.07, 6.45) is 7.52. The van der Waals surface area contributed by atoms with E-state index in [1.807, 2.05) is 0 Å². The number of hydrogen-bond acceptors (Lipinski definition) is 0. The zero-order valence-corrected chi connectivity index (χ0v) is 10.2. The van der Waals surface area contributed by atoms with E-state index in [0.29, 0.717) is 0 Å². The van der Waals surface area contributed by atoms with Crippen LogP contribution in [0, 0.1) is 6.92 Å². The molecule has 0 nitrogen and oxygen atoms in total. The van der Waals surface area contributed by atoms with Crippen LogP contribution in [0.1, 0.15) is 37.5 Å². The van der Waals surface area contributed by atoms with Crippen molar-refractivity contribution < 1.29 is 0 Å². The third-order valence-corrected chi connectivity index (χ3v) is 2.61. The molecule has 0 heteroatoms. The van der Waals surface area contributed by atoms with Gasteiger partial charge in [0.1, 0.15) is 0 Å². The van der Waals surface area contributed by atoms with Gasteiger partial charge in [-0.05, 0) is 43.9 Å². The highest BCUT2D eigenvalue weighted by molar-refractivity contribution is 5.76. The topological polar surface area (TPSA) is 0 Å². The van der Waals surface area contributed by atoms with Crippen molar-refractivity contribution in [2.75, 3.05) is 0 Å². The van der Waals surface area contributed by atoms with Gasteiger partial charge in [-0.1, -0.05) is 48.9 Å².